The van der Waals surface area contributed by atoms with E-state index in [-0.39, 0.29) is 5.91 Å². The minimum Gasteiger partial charge on any atom is -0.331 e. The lowest BCUT2D eigenvalue weighted by Gasteiger charge is -2.07. The smallest absolute Gasteiger partial charge is 0.267 e. The van der Waals surface area contributed by atoms with Gasteiger partial charge in [-0.1, -0.05) is 48.6 Å². The molecule has 128 valence electrons. The highest BCUT2D eigenvalue weighted by Gasteiger charge is 2.16. The maximum absolute atomic E-state index is 12.6. The number of aryl methyl sites for hydroxylation is 3. The predicted molar refractivity (Wildman–Crippen MR) is 105 cm³/mol. The van der Waals surface area contributed by atoms with Crippen molar-refractivity contribution in [1.29, 1.82) is 0 Å². The van der Waals surface area contributed by atoms with Crippen LogP contribution < -0.4 is 10.6 Å². The molecule has 4 nitrogen and oxygen atoms in total. The number of carbonyl (C=O) groups is 1. The maximum atomic E-state index is 12.6. The van der Waals surface area contributed by atoms with Crippen LogP contribution in [-0.2, 0) is 6.42 Å². The molecule has 1 amide bonds. The standard InChI is InChI=1S/C20H21N3OS/c1-4-15-9-5-6-11-17(15)23-20-21-14(3)18(25-20)19(24)22-16-10-7-8-13(2)12-16/h5-12H,4H2,1-3H3,(H,21,23)(H,22,24). The second kappa shape index (κ2) is 7.49. The number of nitrogens with zero attached hydrogens (tertiary/aromatic N) is 1. The van der Waals surface area contributed by atoms with Crippen LogP contribution in [0.4, 0.5) is 16.5 Å². The van der Waals surface area contributed by atoms with Crippen molar-refractivity contribution in [2.45, 2.75) is 27.2 Å². The van der Waals surface area contributed by atoms with Gasteiger partial charge in [0, 0.05) is 11.4 Å². The second-order valence-electron chi connectivity index (χ2n) is 5.89. The quantitative estimate of drug-likeness (QED) is 0.654. The van der Waals surface area contributed by atoms with Crippen molar-refractivity contribution in [2.75, 3.05) is 10.6 Å². The fourth-order valence-corrected chi connectivity index (χ4v) is 3.51. The fourth-order valence-electron chi connectivity index (χ4n) is 2.64. The van der Waals surface area contributed by atoms with Crippen LogP contribution >= 0.6 is 11.3 Å². The monoisotopic (exact) mass is 351 g/mol. The van der Waals surface area contributed by atoms with E-state index in [9.17, 15) is 4.79 Å². The number of aromatic nitrogens is 1. The first kappa shape index (κ1) is 17.2. The van der Waals surface area contributed by atoms with Gasteiger partial charge in [0.05, 0.1) is 5.69 Å². The van der Waals surface area contributed by atoms with E-state index in [4.69, 9.17) is 0 Å². The largest absolute Gasteiger partial charge is 0.331 e. The molecule has 0 aliphatic rings. The highest BCUT2D eigenvalue weighted by molar-refractivity contribution is 7.17. The molecule has 0 unspecified atom stereocenters. The third kappa shape index (κ3) is 4.06. The first-order chi connectivity index (χ1) is 12.1. The Morgan fingerprint density at radius 2 is 1.92 bits per heavy atom. The Hall–Kier alpha value is -2.66. The van der Waals surface area contributed by atoms with Crippen molar-refractivity contribution in [3.8, 4) is 0 Å². The van der Waals surface area contributed by atoms with E-state index in [1.807, 2.05) is 56.3 Å². The SMILES string of the molecule is CCc1ccccc1Nc1nc(C)c(C(=O)Nc2cccc(C)c2)s1. The van der Waals surface area contributed by atoms with Crippen LogP contribution in [0.1, 0.15) is 33.4 Å². The average Bonchev–Trinajstić information content (AvgIpc) is 2.96. The number of amides is 1. The maximum Gasteiger partial charge on any atom is 0.267 e. The number of thiazole rings is 1. The third-order valence-electron chi connectivity index (χ3n) is 3.92. The molecular formula is C20H21N3OS. The Morgan fingerprint density at radius 3 is 2.68 bits per heavy atom. The number of benzene rings is 2. The zero-order valence-corrected chi connectivity index (χ0v) is 15.4. The Kier molecular flexibility index (Phi) is 5.14. The molecule has 25 heavy (non-hydrogen) atoms. The summed E-state index contributed by atoms with van der Waals surface area (Å²) in [5.74, 6) is -0.127. The molecule has 0 saturated heterocycles. The van der Waals surface area contributed by atoms with Gasteiger partial charge in [-0.25, -0.2) is 4.98 Å². The van der Waals surface area contributed by atoms with Crippen LogP contribution in [0.15, 0.2) is 48.5 Å². The summed E-state index contributed by atoms with van der Waals surface area (Å²) in [6.07, 6.45) is 0.939. The van der Waals surface area contributed by atoms with Gasteiger partial charge in [0.25, 0.3) is 5.91 Å². The Morgan fingerprint density at radius 1 is 1.12 bits per heavy atom. The van der Waals surface area contributed by atoms with Gasteiger partial charge < -0.3 is 10.6 Å². The molecule has 0 radical (unpaired) electrons. The first-order valence-corrected chi connectivity index (χ1v) is 9.09. The Labute approximate surface area is 151 Å². The second-order valence-corrected chi connectivity index (χ2v) is 6.89. The van der Waals surface area contributed by atoms with E-state index in [1.165, 1.54) is 16.9 Å². The van der Waals surface area contributed by atoms with Crippen molar-refractivity contribution >= 4 is 33.8 Å². The van der Waals surface area contributed by atoms with Crippen LogP contribution in [0.25, 0.3) is 0 Å². The fraction of sp³-hybridized carbons (Fsp3) is 0.200. The molecule has 3 rings (SSSR count). The van der Waals surface area contributed by atoms with Crippen molar-refractivity contribution in [1.82, 2.24) is 4.98 Å². The highest BCUT2D eigenvalue weighted by atomic mass is 32.1. The third-order valence-corrected chi connectivity index (χ3v) is 4.99. The van der Waals surface area contributed by atoms with E-state index in [0.717, 1.165) is 34.2 Å². The molecule has 0 bridgehead atoms. The van der Waals surface area contributed by atoms with Crippen molar-refractivity contribution in [2.24, 2.45) is 0 Å². The van der Waals surface area contributed by atoms with Crippen molar-refractivity contribution in [3.63, 3.8) is 0 Å². The molecule has 5 heteroatoms. The molecule has 0 spiro atoms. The van der Waals surface area contributed by atoms with Crippen LogP contribution in [0.3, 0.4) is 0 Å². The summed E-state index contributed by atoms with van der Waals surface area (Å²) in [6.45, 7) is 5.98. The molecule has 2 aromatic carbocycles. The zero-order valence-electron chi connectivity index (χ0n) is 14.6. The minimum absolute atomic E-state index is 0.127. The number of hydrogen-bond donors (Lipinski definition) is 2. The van der Waals surface area contributed by atoms with E-state index < -0.39 is 0 Å². The summed E-state index contributed by atoms with van der Waals surface area (Å²) in [6, 6.07) is 15.9. The molecule has 3 aromatic rings. The Balaban J connectivity index is 1.79. The lowest BCUT2D eigenvalue weighted by atomic mass is 10.1. The molecule has 0 atom stereocenters. The van der Waals surface area contributed by atoms with Gasteiger partial charge in [-0.05, 0) is 49.6 Å². The summed E-state index contributed by atoms with van der Waals surface area (Å²) in [5, 5.41) is 7.01. The molecule has 0 aliphatic carbocycles. The molecule has 1 heterocycles. The summed E-state index contributed by atoms with van der Waals surface area (Å²) >= 11 is 1.37. The number of para-hydroxylation sites is 1. The normalized spacial score (nSPS) is 10.5. The van der Waals surface area contributed by atoms with Gasteiger partial charge >= 0.3 is 0 Å². The van der Waals surface area contributed by atoms with Gasteiger partial charge in [0.2, 0.25) is 0 Å². The van der Waals surface area contributed by atoms with E-state index >= 15 is 0 Å². The minimum atomic E-state index is -0.127. The topological polar surface area (TPSA) is 54.0 Å². The van der Waals surface area contributed by atoms with E-state index in [2.05, 4.69) is 28.6 Å². The number of rotatable bonds is 5. The van der Waals surface area contributed by atoms with Crippen molar-refractivity contribution < 1.29 is 4.79 Å². The lowest BCUT2D eigenvalue weighted by Crippen LogP contribution is -2.11. The highest BCUT2D eigenvalue weighted by Crippen LogP contribution is 2.28. The first-order valence-electron chi connectivity index (χ1n) is 8.27. The van der Waals surface area contributed by atoms with Gasteiger partial charge in [0.1, 0.15) is 4.88 Å². The summed E-state index contributed by atoms with van der Waals surface area (Å²) in [5.41, 5.74) is 4.89. The van der Waals surface area contributed by atoms with Gasteiger partial charge in [-0.2, -0.15) is 0 Å². The number of carbonyl (C=O) groups excluding carboxylic acids is 1. The lowest BCUT2D eigenvalue weighted by molar-refractivity contribution is 0.103. The molecule has 2 N–H and O–H groups in total. The number of hydrogen-bond acceptors (Lipinski definition) is 4. The van der Waals surface area contributed by atoms with Crippen LogP contribution in [0.5, 0.6) is 0 Å². The van der Waals surface area contributed by atoms with Gasteiger partial charge in [-0.15, -0.1) is 0 Å². The molecule has 1 aromatic heterocycles. The van der Waals surface area contributed by atoms with E-state index in [0.29, 0.717) is 4.88 Å². The molecule has 0 fully saturated rings. The van der Waals surface area contributed by atoms with Crippen LogP contribution in [0, 0.1) is 13.8 Å². The zero-order chi connectivity index (χ0) is 17.8. The molecule has 0 saturated carbocycles. The average molecular weight is 351 g/mol. The number of nitrogens with one attached hydrogen (secondary N) is 2. The summed E-state index contributed by atoms with van der Waals surface area (Å²) in [7, 11) is 0. The number of anilines is 3. The van der Waals surface area contributed by atoms with Crippen LogP contribution in [0.2, 0.25) is 0 Å². The van der Waals surface area contributed by atoms with Crippen molar-refractivity contribution in [3.05, 3.63) is 70.2 Å². The van der Waals surface area contributed by atoms with Crippen LogP contribution in [-0.4, -0.2) is 10.9 Å². The summed E-state index contributed by atoms with van der Waals surface area (Å²) in [4.78, 5) is 17.7. The molecule has 0 aliphatic heterocycles. The molecular weight excluding hydrogens is 330 g/mol. The predicted octanol–water partition coefficient (Wildman–Crippen LogP) is 5.32. The van der Waals surface area contributed by atoms with E-state index in [1.54, 1.807) is 0 Å². The van der Waals surface area contributed by atoms with Gasteiger partial charge in [-0.3, -0.25) is 4.79 Å². The van der Waals surface area contributed by atoms with Gasteiger partial charge in [0.15, 0.2) is 5.13 Å². The Bertz CT molecular complexity index is 901. The summed E-state index contributed by atoms with van der Waals surface area (Å²) < 4.78 is 0.